The van der Waals surface area contributed by atoms with Crippen LogP contribution < -0.4 is 15.6 Å². The minimum atomic E-state index is -0.0468. The summed E-state index contributed by atoms with van der Waals surface area (Å²) in [6.45, 7) is 3.27. The first kappa shape index (κ1) is 20.6. The molecule has 0 saturated heterocycles. The van der Waals surface area contributed by atoms with Crippen LogP contribution in [0.15, 0.2) is 34.2 Å². The van der Waals surface area contributed by atoms with Crippen LogP contribution in [-0.4, -0.2) is 34.4 Å². The van der Waals surface area contributed by atoms with Crippen LogP contribution in [0.4, 0.5) is 0 Å². The van der Waals surface area contributed by atoms with Crippen molar-refractivity contribution >= 4 is 39.2 Å². The summed E-state index contributed by atoms with van der Waals surface area (Å²) in [5.74, 6) is 1.63. The molecule has 31 heavy (non-hydrogen) atoms. The van der Waals surface area contributed by atoms with Gasteiger partial charge in [0.1, 0.15) is 10.6 Å². The fourth-order valence-electron chi connectivity index (χ4n) is 3.97. The van der Waals surface area contributed by atoms with Crippen molar-refractivity contribution in [2.24, 2.45) is 5.92 Å². The van der Waals surface area contributed by atoms with Crippen molar-refractivity contribution in [3.8, 4) is 11.4 Å². The molecule has 2 aliphatic carbocycles. The average molecular weight is 456 g/mol. The molecule has 162 valence electrons. The molecular weight excluding hydrogens is 430 g/mol. The number of hydrogen-bond acceptors (Lipinski definition) is 6. The second-order valence-electron chi connectivity index (χ2n) is 8.04. The molecule has 1 fully saturated rings. The largest absolute Gasteiger partial charge is 0.494 e. The van der Waals surface area contributed by atoms with Crippen molar-refractivity contribution in [2.45, 2.75) is 44.2 Å². The molecule has 2 heterocycles. The minimum Gasteiger partial charge on any atom is -0.494 e. The number of benzene rings is 1. The first-order chi connectivity index (χ1) is 15.1. The Bertz CT molecular complexity index is 1180. The zero-order valence-corrected chi connectivity index (χ0v) is 19.1. The number of carbonyl (C=O) groups is 1. The lowest BCUT2D eigenvalue weighted by molar-refractivity contribution is -0.118. The summed E-state index contributed by atoms with van der Waals surface area (Å²) in [6.07, 6.45) is 5.45. The molecule has 3 aromatic rings. The fourth-order valence-corrected chi connectivity index (χ4v) is 6.11. The summed E-state index contributed by atoms with van der Waals surface area (Å²) in [4.78, 5) is 32.9. The lowest BCUT2D eigenvalue weighted by Crippen LogP contribution is -2.28. The Morgan fingerprint density at radius 1 is 1.29 bits per heavy atom. The van der Waals surface area contributed by atoms with Gasteiger partial charge in [0.15, 0.2) is 5.16 Å². The van der Waals surface area contributed by atoms with Crippen LogP contribution in [0.2, 0.25) is 0 Å². The van der Waals surface area contributed by atoms with Gasteiger partial charge in [-0.3, -0.25) is 14.2 Å². The van der Waals surface area contributed by atoms with E-state index < -0.39 is 0 Å². The molecule has 0 atom stereocenters. The van der Waals surface area contributed by atoms with Crippen LogP contribution >= 0.6 is 23.1 Å². The Kier molecular flexibility index (Phi) is 5.75. The molecule has 2 aromatic heterocycles. The molecule has 1 saturated carbocycles. The summed E-state index contributed by atoms with van der Waals surface area (Å²) in [7, 11) is 0. The van der Waals surface area contributed by atoms with Gasteiger partial charge in [-0.05, 0) is 74.8 Å². The molecule has 0 radical (unpaired) electrons. The van der Waals surface area contributed by atoms with Gasteiger partial charge in [-0.25, -0.2) is 4.98 Å². The van der Waals surface area contributed by atoms with Crippen LogP contribution in [0.5, 0.6) is 5.75 Å². The Labute approximate surface area is 189 Å². The molecule has 1 amide bonds. The van der Waals surface area contributed by atoms with Crippen molar-refractivity contribution in [1.82, 2.24) is 14.9 Å². The van der Waals surface area contributed by atoms with Crippen molar-refractivity contribution in [1.29, 1.82) is 0 Å². The Balaban J connectivity index is 1.51. The van der Waals surface area contributed by atoms with E-state index in [1.165, 1.54) is 29.5 Å². The summed E-state index contributed by atoms with van der Waals surface area (Å²) in [5, 5.41) is 4.29. The third-order valence-electron chi connectivity index (χ3n) is 5.73. The highest BCUT2D eigenvalue weighted by atomic mass is 32.2. The Morgan fingerprint density at radius 3 is 2.84 bits per heavy atom. The van der Waals surface area contributed by atoms with E-state index in [1.807, 2.05) is 31.2 Å². The fraction of sp³-hybridized carbons (Fsp3) is 0.435. The van der Waals surface area contributed by atoms with Gasteiger partial charge in [0.2, 0.25) is 5.91 Å². The van der Waals surface area contributed by atoms with E-state index >= 15 is 0 Å². The number of hydrogen-bond donors (Lipinski definition) is 1. The third kappa shape index (κ3) is 4.23. The van der Waals surface area contributed by atoms with Crippen molar-refractivity contribution in [3.05, 3.63) is 45.1 Å². The van der Waals surface area contributed by atoms with Gasteiger partial charge in [0, 0.05) is 11.4 Å². The van der Waals surface area contributed by atoms with Gasteiger partial charge in [-0.2, -0.15) is 0 Å². The number of rotatable bonds is 8. The number of nitrogens with zero attached hydrogens (tertiary/aromatic N) is 2. The highest BCUT2D eigenvalue weighted by Gasteiger charge is 2.25. The molecule has 5 rings (SSSR count). The van der Waals surface area contributed by atoms with Crippen molar-refractivity contribution in [2.75, 3.05) is 18.9 Å². The zero-order valence-electron chi connectivity index (χ0n) is 17.5. The van der Waals surface area contributed by atoms with Gasteiger partial charge < -0.3 is 10.1 Å². The number of nitrogens with one attached hydrogen (secondary N) is 1. The quantitative estimate of drug-likeness (QED) is 0.411. The number of thiophene rings is 1. The van der Waals surface area contributed by atoms with E-state index in [4.69, 9.17) is 9.72 Å². The van der Waals surface area contributed by atoms with E-state index in [0.29, 0.717) is 17.7 Å². The van der Waals surface area contributed by atoms with Gasteiger partial charge in [-0.15, -0.1) is 11.3 Å². The lowest BCUT2D eigenvalue weighted by atomic mass is 10.2. The molecule has 0 bridgehead atoms. The van der Waals surface area contributed by atoms with E-state index in [9.17, 15) is 9.59 Å². The first-order valence-corrected chi connectivity index (χ1v) is 12.6. The summed E-state index contributed by atoms with van der Waals surface area (Å²) >= 11 is 2.95. The molecule has 0 spiro atoms. The zero-order chi connectivity index (χ0) is 21.4. The lowest BCUT2D eigenvalue weighted by Gasteiger charge is -2.13. The SMILES string of the molecule is CCOc1ccc(-n2c(SCC(=O)NCC3CC3)nc3sc4c(c3c2=O)CCC4)cc1. The van der Waals surface area contributed by atoms with E-state index in [-0.39, 0.29) is 17.2 Å². The molecule has 1 aromatic carbocycles. The van der Waals surface area contributed by atoms with Crippen LogP contribution in [-0.2, 0) is 17.6 Å². The van der Waals surface area contributed by atoms with E-state index in [1.54, 1.807) is 15.9 Å². The second kappa shape index (κ2) is 8.67. The normalized spacial score (nSPS) is 15.3. The average Bonchev–Trinajstić information content (AvgIpc) is 3.38. The van der Waals surface area contributed by atoms with Gasteiger partial charge >= 0.3 is 0 Å². The molecular formula is C23H25N3O3S2. The number of aromatic nitrogens is 2. The summed E-state index contributed by atoms with van der Waals surface area (Å²) in [6, 6.07) is 7.49. The Hall–Kier alpha value is -2.32. The monoisotopic (exact) mass is 455 g/mol. The number of thioether (sulfide) groups is 1. The van der Waals surface area contributed by atoms with Gasteiger partial charge in [0.05, 0.1) is 23.4 Å². The van der Waals surface area contributed by atoms with Crippen molar-refractivity contribution in [3.63, 3.8) is 0 Å². The highest BCUT2D eigenvalue weighted by Crippen LogP contribution is 2.36. The maximum Gasteiger partial charge on any atom is 0.267 e. The predicted molar refractivity (Wildman–Crippen MR) is 125 cm³/mol. The molecule has 8 heteroatoms. The molecule has 2 aliphatic rings. The topological polar surface area (TPSA) is 73.2 Å². The van der Waals surface area contributed by atoms with E-state index in [0.717, 1.165) is 53.0 Å². The first-order valence-electron chi connectivity index (χ1n) is 10.8. The summed E-state index contributed by atoms with van der Waals surface area (Å²) < 4.78 is 7.20. The van der Waals surface area contributed by atoms with Crippen LogP contribution in [0, 0.1) is 5.92 Å². The highest BCUT2D eigenvalue weighted by molar-refractivity contribution is 7.99. The number of ether oxygens (including phenoxy) is 1. The summed E-state index contributed by atoms with van der Waals surface area (Å²) in [5.41, 5.74) is 1.85. The third-order valence-corrected chi connectivity index (χ3v) is 7.86. The Morgan fingerprint density at radius 2 is 2.10 bits per heavy atom. The number of fused-ring (bicyclic) bond motifs is 3. The molecule has 6 nitrogen and oxygen atoms in total. The second-order valence-corrected chi connectivity index (χ2v) is 10.1. The van der Waals surface area contributed by atoms with Gasteiger partial charge in [-0.1, -0.05) is 11.8 Å². The van der Waals surface area contributed by atoms with Crippen molar-refractivity contribution < 1.29 is 9.53 Å². The van der Waals surface area contributed by atoms with Crippen LogP contribution in [0.3, 0.4) is 0 Å². The van der Waals surface area contributed by atoms with Crippen LogP contribution in [0.1, 0.15) is 36.6 Å². The number of amides is 1. The predicted octanol–water partition coefficient (Wildman–Crippen LogP) is 3.95. The van der Waals surface area contributed by atoms with E-state index in [2.05, 4.69) is 5.32 Å². The number of carbonyl (C=O) groups excluding carboxylic acids is 1. The maximum atomic E-state index is 13.6. The molecule has 0 unspecified atom stereocenters. The van der Waals surface area contributed by atoms with Crippen LogP contribution in [0.25, 0.3) is 15.9 Å². The molecule has 1 N–H and O–H groups in total. The minimum absolute atomic E-state index is 0.0156. The standard InChI is InChI=1S/C23H25N3O3S2/c1-2-29-16-10-8-15(9-11-16)26-22(28)20-17-4-3-5-18(17)31-21(20)25-23(26)30-13-19(27)24-12-14-6-7-14/h8-11,14H,2-7,12-13H2,1H3,(H,24,27). The maximum absolute atomic E-state index is 13.6. The van der Waals surface area contributed by atoms with Gasteiger partial charge in [0.25, 0.3) is 5.56 Å². The molecule has 0 aliphatic heterocycles. The smallest absolute Gasteiger partial charge is 0.267 e. The number of aryl methyl sites for hydroxylation is 2.